The van der Waals surface area contributed by atoms with Gasteiger partial charge in [-0.3, -0.25) is 4.79 Å². The molecule has 0 aromatic carbocycles. The minimum absolute atomic E-state index is 0.157. The van der Waals surface area contributed by atoms with E-state index in [0.29, 0.717) is 6.42 Å². The minimum atomic E-state index is -0.702. The summed E-state index contributed by atoms with van der Waals surface area (Å²) >= 11 is 0. The molecule has 0 rings (SSSR count). The van der Waals surface area contributed by atoms with Crippen LogP contribution in [-0.2, 0) is 4.79 Å². The molecule has 0 bridgehead atoms. The number of hydrogen-bond donors (Lipinski definition) is 3. The Morgan fingerprint density at radius 3 is 1.04 bits per heavy atom. The fraction of sp³-hybridized carbons (Fsp3) is 0.784. The van der Waals surface area contributed by atoms with Crippen molar-refractivity contribution in [2.75, 3.05) is 6.61 Å². The van der Waals surface area contributed by atoms with Gasteiger partial charge in [0.25, 0.3) is 0 Å². The van der Waals surface area contributed by atoms with Crippen LogP contribution in [0.2, 0.25) is 0 Å². The molecule has 4 nitrogen and oxygen atoms in total. The number of unbranched alkanes of at least 4 members (excludes halogenated alkanes) is 27. The molecular formula is C51H93NO3. The van der Waals surface area contributed by atoms with Crippen LogP contribution in [-0.4, -0.2) is 34.9 Å². The van der Waals surface area contributed by atoms with Gasteiger partial charge in [0, 0.05) is 6.42 Å². The third-order valence-electron chi connectivity index (χ3n) is 10.8. The molecule has 3 N–H and O–H groups in total. The van der Waals surface area contributed by atoms with E-state index in [1.54, 1.807) is 0 Å². The molecular weight excluding hydrogens is 675 g/mol. The van der Waals surface area contributed by atoms with Crippen molar-refractivity contribution in [3.8, 4) is 0 Å². The van der Waals surface area contributed by atoms with E-state index in [1.807, 2.05) is 12.2 Å². The highest BCUT2D eigenvalue weighted by molar-refractivity contribution is 5.77. The number of amides is 1. The Balaban J connectivity index is 3.52. The van der Waals surface area contributed by atoms with Crippen molar-refractivity contribution < 1.29 is 15.0 Å². The van der Waals surface area contributed by atoms with Crippen molar-refractivity contribution in [2.24, 2.45) is 0 Å². The van der Waals surface area contributed by atoms with Crippen LogP contribution in [0.1, 0.15) is 239 Å². The van der Waals surface area contributed by atoms with Crippen molar-refractivity contribution in [3.05, 3.63) is 60.8 Å². The zero-order valence-corrected chi connectivity index (χ0v) is 36.7. The number of aliphatic hydroxyl groups is 2. The first-order valence-electron chi connectivity index (χ1n) is 24.0. The van der Waals surface area contributed by atoms with Crippen LogP contribution >= 0.6 is 0 Å². The van der Waals surface area contributed by atoms with Crippen LogP contribution < -0.4 is 5.32 Å². The Morgan fingerprint density at radius 1 is 0.436 bits per heavy atom. The SMILES string of the molecule is CC/C=C\C/C=C\C/C=C\C/C=C\C/C=C\CC(=O)NC(CO)C(O)CCCCCCCCCCCCCCCCCCCCCCCCCCCCCC. The van der Waals surface area contributed by atoms with Gasteiger partial charge in [-0.15, -0.1) is 0 Å². The predicted octanol–water partition coefficient (Wildman–Crippen LogP) is 15.3. The van der Waals surface area contributed by atoms with E-state index >= 15 is 0 Å². The molecule has 0 fully saturated rings. The Kier molecular flexibility index (Phi) is 44.9. The zero-order chi connectivity index (χ0) is 40.0. The Bertz CT molecular complexity index is 919. The summed E-state index contributed by atoms with van der Waals surface area (Å²) in [4.78, 5) is 12.3. The third-order valence-corrected chi connectivity index (χ3v) is 10.8. The first kappa shape index (κ1) is 53.1. The molecule has 0 radical (unpaired) electrons. The van der Waals surface area contributed by atoms with E-state index in [9.17, 15) is 15.0 Å². The smallest absolute Gasteiger partial charge is 0.224 e. The van der Waals surface area contributed by atoms with E-state index in [2.05, 4.69) is 67.8 Å². The third kappa shape index (κ3) is 43.1. The lowest BCUT2D eigenvalue weighted by atomic mass is 10.0. The predicted molar refractivity (Wildman–Crippen MR) is 244 cm³/mol. The molecule has 0 aliphatic heterocycles. The van der Waals surface area contributed by atoms with Gasteiger partial charge in [0.2, 0.25) is 5.91 Å². The van der Waals surface area contributed by atoms with Gasteiger partial charge in [-0.05, 0) is 38.5 Å². The summed E-state index contributed by atoms with van der Waals surface area (Å²) in [5.74, 6) is -0.157. The number of allylic oxidation sites excluding steroid dienone is 9. The zero-order valence-electron chi connectivity index (χ0n) is 36.7. The maximum Gasteiger partial charge on any atom is 0.224 e. The molecule has 0 aliphatic carbocycles. The second-order valence-corrected chi connectivity index (χ2v) is 16.2. The standard InChI is InChI=1S/C51H93NO3/c1-3-5-7-9-11-13-15-17-19-20-21-22-23-24-25-26-27-28-29-30-31-33-34-36-38-40-42-44-46-50(54)49(48-53)52-51(55)47-45-43-41-39-37-35-32-18-16-14-12-10-8-6-4-2/h6,8,12,14,18,32,37,39,43,45,49-50,53-54H,3-5,7,9-11,13,15-17,19-31,33-36,38,40-42,44,46-48H2,1-2H3,(H,52,55)/b8-6-,14-12-,32-18-,39-37-,45-43-. The maximum atomic E-state index is 12.3. The van der Waals surface area contributed by atoms with E-state index in [0.717, 1.165) is 44.9 Å². The molecule has 1 amide bonds. The molecule has 0 heterocycles. The number of carbonyl (C=O) groups is 1. The fourth-order valence-electron chi connectivity index (χ4n) is 7.19. The van der Waals surface area contributed by atoms with Gasteiger partial charge in [0.15, 0.2) is 0 Å². The quantitative estimate of drug-likeness (QED) is 0.0427. The Morgan fingerprint density at radius 2 is 0.727 bits per heavy atom. The number of hydrogen-bond acceptors (Lipinski definition) is 3. The molecule has 0 aromatic rings. The summed E-state index contributed by atoms with van der Waals surface area (Å²) < 4.78 is 0. The van der Waals surface area contributed by atoms with Crippen LogP contribution in [0.3, 0.4) is 0 Å². The second kappa shape index (κ2) is 46.5. The average Bonchev–Trinajstić information content (AvgIpc) is 3.19. The van der Waals surface area contributed by atoms with Gasteiger partial charge >= 0.3 is 0 Å². The summed E-state index contributed by atoms with van der Waals surface area (Å²) in [5, 5.41) is 23.1. The van der Waals surface area contributed by atoms with Crippen molar-refractivity contribution >= 4 is 5.91 Å². The number of carbonyl (C=O) groups excluding carboxylic acids is 1. The lowest BCUT2D eigenvalue weighted by molar-refractivity contribution is -0.122. The van der Waals surface area contributed by atoms with Crippen molar-refractivity contribution in [2.45, 2.75) is 251 Å². The van der Waals surface area contributed by atoms with Crippen molar-refractivity contribution in [1.29, 1.82) is 0 Å². The highest BCUT2D eigenvalue weighted by Gasteiger charge is 2.19. The number of aliphatic hydroxyl groups excluding tert-OH is 2. The Labute approximate surface area is 343 Å². The molecule has 0 saturated heterocycles. The lowest BCUT2D eigenvalue weighted by Gasteiger charge is -2.22. The maximum absolute atomic E-state index is 12.3. The number of nitrogens with one attached hydrogen (secondary N) is 1. The highest BCUT2D eigenvalue weighted by Crippen LogP contribution is 2.17. The summed E-state index contributed by atoms with van der Waals surface area (Å²) in [6, 6.07) is -0.593. The summed E-state index contributed by atoms with van der Waals surface area (Å²) in [7, 11) is 0. The fourth-order valence-corrected chi connectivity index (χ4v) is 7.19. The van der Waals surface area contributed by atoms with E-state index in [-0.39, 0.29) is 18.9 Å². The molecule has 0 aliphatic rings. The highest BCUT2D eigenvalue weighted by atomic mass is 16.3. The van der Waals surface area contributed by atoms with Gasteiger partial charge in [-0.2, -0.15) is 0 Å². The van der Waals surface area contributed by atoms with Crippen LogP contribution in [0.15, 0.2) is 60.8 Å². The minimum Gasteiger partial charge on any atom is -0.394 e. The topological polar surface area (TPSA) is 69.6 Å². The monoisotopic (exact) mass is 768 g/mol. The van der Waals surface area contributed by atoms with Crippen LogP contribution in [0.5, 0.6) is 0 Å². The molecule has 2 atom stereocenters. The van der Waals surface area contributed by atoms with Gasteiger partial charge in [0.1, 0.15) is 0 Å². The summed E-state index contributed by atoms with van der Waals surface area (Å²) in [6.07, 6.45) is 64.9. The molecule has 4 heteroatoms. The molecule has 0 spiro atoms. The average molecular weight is 768 g/mol. The van der Waals surface area contributed by atoms with Gasteiger partial charge in [-0.1, -0.05) is 254 Å². The van der Waals surface area contributed by atoms with Gasteiger partial charge in [0.05, 0.1) is 18.8 Å². The normalized spacial score (nSPS) is 13.5. The molecule has 0 aromatic heterocycles. The lowest BCUT2D eigenvalue weighted by Crippen LogP contribution is -2.45. The molecule has 320 valence electrons. The van der Waals surface area contributed by atoms with E-state index in [1.165, 1.54) is 167 Å². The van der Waals surface area contributed by atoms with E-state index < -0.39 is 12.1 Å². The summed E-state index contributed by atoms with van der Waals surface area (Å²) in [5.41, 5.74) is 0. The van der Waals surface area contributed by atoms with Crippen molar-refractivity contribution in [3.63, 3.8) is 0 Å². The van der Waals surface area contributed by atoms with Crippen LogP contribution in [0.25, 0.3) is 0 Å². The first-order chi connectivity index (χ1) is 27.2. The molecule has 55 heavy (non-hydrogen) atoms. The Hall–Kier alpha value is -1.91. The molecule has 2 unspecified atom stereocenters. The summed E-state index contributed by atoms with van der Waals surface area (Å²) in [6.45, 7) is 4.21. The van der Waals surface area contributed by atoms with E-state index in [4.69, 9.17) is 0 Å². The first-order valence-corrected chi connectivity index (χ1v) is 24.0. The number of rotatable bonds is 43. The second-order valence-electron chi connectivity index (χ2n) is 16.2. The van der Waals surface area contributed by atoms with Crippen LogP contribution in [0.4, 0.5) is 0 Å². The van der Waals surface area contributed by atoms with Crippen LogP contribution in [0, 0.1) is 0 Å². The largest absolute Gasteiger partial charge is 0.394 e. The molecule has 0 saturated carbocycles. The van der Waals surface area contributed by atoms with Gasteiger partial charge < -0.3 is 15.5 Å². The van der Waals surface area contributed by atoms with Crippen molar-refractivity contribution in [1.82, 2.24) is 5.32 Å². The van der Waals surface area contributed by atoms with Gasteiger partial charge in [-0.25, -0.2) is 0 Å².